The van der Waals surface area contributed by atoms with Gasteiger partial charge >= 0.3 is 0 Å². The molecule has 0 radical (unpaired) electrons. The Morgan fingerprint density at radius 1 is 1.44 bits per heavy atom. The maximum absolute atomic E-state index is 12.8. The normalized spacial score (nSPS) is 13.6. The van der Waals surface area contributed by atoms with Crippen LogP contribution >= 0.6 is 0 Å². The minimum absolute atomic E-state index is 0.0438. The maximum atomic E-state index is 12.8. The van der Waals surface area contributed by atoms with E-state index in [1.165, 1.54) is 12.3 Å². The van der Waals surface area contributed by atoms with Crippen LogP contribution in [-0.2, 0) is 0 Å². The van der Waals surface area contributed by atoms with Crippen molar-refractivity contribution in [1.82, 2.24) is 10.3 Å². The zero-order valence-electron chi connectivity index (χ0n) is 11.4. The molecule has 4 heteroatoms. The number of hydrogen-bond acceptors (Lipinski definition) is 3. The van der Waals surface area contributed by atoms with Crippen molar-refractivity contribution in [3.63, 3.8) is 0 Å². The van der Waals surface area contributed by atoms with Gasteiger partial charge in [0.05, 0.1) is 11.9 Å². The summed E-state index contributed by atoms with van der Waals surface area (Å²) >= 11 is 0. The monoisotopic (exact) mass is 254 g/mol. The summed E-state index contributed by atoms with van der Waals surface area (Å²) in [5, 5.41) is 12.4. The number of nitrogens with zero attached hydrogens (tertiary/aromatic N) is 1. The molecule has 0 aliphatic heterocycles. The van der Waals surface area contributed by atoms with E-state index >= 15 is 0 Å². The average molecular weight is 254 g/mol. The van der Waals surface area contributed by atoms with E-state index in [1.54, 1.807) is 6.07 Å². The zero-order chi connectivity index (χ0) is 13.6. The Morgan fingerprint density at radius 3 is 2.67 bits per heavy atom. The first-order chi connectivity index (χ1) is 8.48. The molecule has 1 atom stereocenters. The Labute approximate surface area is 108 Å². The van der Waals surface area contributed by atoms with Gasteiger partial charge < -0.3 is 10.4 Å². The SMILES string of the molecule is CCC(NCC(C)(C)CCO)c1ccc(F)cn1. The molecule has 0 amide bonds. The van der Waals surface area contributed by atoms with E-state index in [1.807, 2.05) is 0 Å². The average Bonchev–Trinajstić information content (AvgIpc) is 2.32. The summed E-state index contributed by atoms with van der Waals surface area (Å²) in [6.07, 6.45) is 2.90. The van der Waals surface area contributed by atoms with Crippen LogP contribution in [0.25, 0.3) is 0 Å². The molecule has 0 aliphatic carbocycles. The fourth-order valence-corrected chi connectivity index (χ4v) is 1.84. The Kier molecular flexibility index (Phi) is 5.69. The first-order valence-corrected chi connectivity index (χ1v) is 6.44. The second kappa shape index (κ2) is 6.81. The van der Waals surface area contributed by atoms with Gasteiger partial charge in [-0.05, 0) is 30.4 Å². The summed E-state index contributed by atoms with van der Waals surface area (Å²) in [5.41, 5.74) is 0.904. The highest BCUT2D eigenvalue weighted by Gasteiger charge is 2.19. The van der Waals surface area contributed by atoms with Crippen LogP contribution in [0.1, 0.15) is 45.3 Å². The Balaban J connectivity index is 2.60. The van der Waals surface area contributed by atoms with Gasteiger partial charge in [-0.1, -0.05) is 20.8 Å². The summed E-state index contributed by atoms with van der Waals surface area (Å²) in [4.78, 5) is 4.11. The molecule has 0 aliphatic rings. The molecule has 2 N–H and O–H groups in total. The molecular formula is C14H23FN2O. The topological polar surface area (TPSA) is 45.1 Å². The zero-order valence-corrected chi connectivity index (χ0v) is 11.4. The molecule has 0 saturated heterocycles. The van der Waals surface area contributed by atoms with Gasteiger partial charge in [0.1, 0.15) is 5.82 Å². The van der Waals surface area contributed by atoms with Crippen LogP contribution in [0.5, 0.6) is 0 Å². The molecule has 18 heavy (non-hydrogen) atoms. The van der Waals surface area contributed by atoms with E-state index < -0.39 is 0 Å². The second-order valence-corrected chi connectivity index (χ2v) is 5.38. The molecule has 1 heterocycles. The highest BCUT2D eigenvalue weighted by Crippen LogP contribution is 2.21. The third-order valence-electron chi connectivity index (χ3n) is 3.13. The fourth-order valence-electron chi connectivity index (χ4n) is 1.84. The lowest BCUT2D eigenvalue weighted by Crippen LogP contribution is -2.33. The lowest BCUT2D eigenvalue weighted by molar-refractivity contribution is 0.202. The van der Waals surface area contributed by atoms with Crippen molar-refractivity contribution >= 4 is 0 Å². The molecule has 0 aromatic carbocycles. The minimum atomic E-state index is -0.311. The van der Waals surface area contributed by atoms with Gasteiger partial charge in [-0.25, -0.2) is 4.39 Å². The molecule has 0 spiro atoms. The molecular weight excluding hydrogens is 231 g/mol. The van der Waals surface area contributed by atoms with E-state index in [0.717, 1.165) is 25.1 Å². The van der Waals surface area contributed by atoms with Gasteiger partial charge in [0.25, 0.3) is 0 Å². The van der Waals surface area contributed by atoms with E-state index in [9.17, 15) is 4.39 Å². The summed E-state index contributed by atoms with van der Waals surface area (Å²) in [7, 11) is 0. The second-order valence-electron chi connectivity index (χ2n) is 5.38. The highest BCUT2D eigenvalue weighted by atomic mass is 19.1. The van der Waals surface area contributed by atoms with Crippen molar-refractivity contribution in [3.05, 3.63) is 29.8 Å². The van der Waals surface area contributed by atoms with Crippen molar-refractivity contribution in [2.45, 2.75) is 39.7 Å². The van der Waals surface area contributed by atoms with Gasteiger partial charge in [0, 0.05) is 19.2 Å². The molecule has 1 unspecified atom stereocenters. The minimum Gasteiger partial charge on any atom is -0.396 e. The third kappa shape index (κ3) is 4.70. The largest absolute Gasteiger partial charge is 0.396 e. The Bertz CT molecular complexity index is 351. The van der Waals surface area contributed by atoms with Crippen molar-refractivity contribution in [1.29, 1.82) is 0 Å². The number of pyridine rings is 1. The van der Waals surface area contributed by atoms with Gasteiger partial charge in [-0.3, -0.25) is 4.98 Å². The Morgan fingerprint density at radius 2 is 2.17 bits per heavy atom. The molecule has 0 saturated carbocycles. The summed E-state index contributed by atoms with van der Waals surface area (Å²) < 4.78 is 12.8. The number of halogens is 1. The van der Waals surface area contributed by atoms with Gasteiger partial charge in [0.15, 0.2) is 0 Å². The number of rotatable bonds is 7. The number of aliphatic hydroxyl groups excluding tert-OH is 1. The quantitative estimate of drug-likeness (QED) is 0.786. The van der Waals surface area contributed by atoms with Crippen LogP contribution in [0, 0.1) is 11.2 Å². The fraction of sp³-hybridized carbons (Fsp3) is 0.643. The summed E-state index contributed by atoms with van der Waals surface area (Å²) in [5.74, 6) is -0.311. The predicted octanol–water partition coefficient (Wildman–Crippen LogP) is 2.67. The number of nitrogens with one attached hydrogen (secondary N) is 1. The Hall–Kier alpha value is -1.00. The molecule has 0 bridgehead atoms. The van der Waals surface area contributed by atoms with Gasteiger partial charge in [0.2, 0.25) is 0 Å². The van der Waals surface area contributed by atoms with Crippen LogP contribution in [0.3, 0.4) is 0 Å². The lowest BCUT2D eigenvalue weighted by Gasteiger charge is -2.27. The van der Waals surface area contributed by atoms with E-state index in [0.29, 0.717) is 0 Å². The summed E-state index contributed by atoms with van der Waals surface area (Å²) in [6, 6.07) is 3.28. The highest BCUT2D eigenvalue weighted by molar-refractivity contribution is 5.09. The molecule has 1 aromatic heterocycles. The van der Waals surface area contributed by atoms with Crippen LogP contribution in [-0.4, -0.2) is 23.2 Å². The summed E-state index contributed by atoms with van der Waals surface area (Å²) in [6.45, 7) is 7.29. The smallest absolute Gasteiger partial charge is 0.141 e. The van der Waals surface area contributed by atoms with Crippen molar-refractivity contribution in [3.8, 4) is 0 Å². The standard InChI is InChI=1S/C14H23FN2O/c1-4-12(13-6-5-11(15)9-16-13)17-10-14(2,3)7-8-18/h5-6,9,12,17-18H,4,7-8,10H2,1-3H3. The number of hydrogen-bond donors (Lipinski definition) is 2. The molecule has 1 aromatic rings. The van der Waals surface area contributed by atoms with E-state index in [2.05, 4.69) is 31.1 Å². The first-order valence-electron chi connectivity index (χ1n) is 6.44. The van der Waals surface area contributed by atoms with E-state index in [4.69, 9.17) is 5.11 Å². The lowest BCUT2D eigenvalue weighted by atomic mass is 9.89. The molecule has 0 fully saturated rings. The number of aromatic nitrogens is 1. The molecule has 3 nitrogen and oxygen atoms in total. The third-order valence-corrected chi connectivity index (χ3v) is 3.13. The van der Waals surface area contributed by atoms with Crippen molar-refractivity contribution < 1.29 is 9.50 Å². The van der Waals surface area contributed by atoms with E-state index in [-0.39, 0.29) is 23.9 Å². The van der Waals surface area contributed by atoms with Crippen LogP contribution in [0.15, 0.2) is 18.3 Å². The first kappa shape index (κ1) is 15.1. The van der Waals surface area contributed by atoms with Gasteiger partial charge in [-0.2, -0.15) is 0 Å². The van der Waals surface area contributed by atoms with Crippen molar-refractivity contribution in [2.24, 2.45) is 5.41 Å². The molecule has 1 rings (SSSR count). The predicted molar refractivity (Wildman–Crippen MR) is 70.7 cm³/mol. The molecule has 102 valence electrons. The maximum Gasteiger partial charge on any atom is 0.141 e. The van der Waals surface area contributed by atoms with Crippen LogP contribution in [0.2, 0.25) is 0 Å². The van der Waals surface area contributed by atoms with Crippen molar-refractivity contribution in [2.75, 3.05) is 13.2 Å². The van der Waals surface area contributed by atoms with Crippen LogP contribution < -0.4 is 5.32 Å². The van der Waals surface area contributed by atoms with Gasteiger partial charge in [-0.15, -0.1) is 0 Å². The van der Waals surface area contributed by atoms with Crippen LogP contribution in [0.4, 0.5) is 4.39 Å². The number of aliphatic hydroxyl groups is 1.